The van der Waals surface area contributed by atoms with Gasteiger partial charge in [-0.25, -0.2) is 4.79 Å². The van der Waals surface area contributed by atoms with Gasteiger partial charge >= 0.3 is 6.09 Å². The minimum atomic E-state index is -0.572. The number of rotatable bonds is 1. The molecule has 0 aliphatic heterocycles. The maximum absolute atomic E-state index is 10.5. The summed E-state index contributed by atoms with van der Waals surface area (Å²) >= 11 is 0. The summed E-state index contributed by atoms with van der Waals surface area (Å²) in [6.07, 6.45) is 0.849. The number of aromatic nitrogens is 1. The highest BCUT2D eigenvalue weighted by molar-refractivity contribution is 5.82. The molecular formula is C5H6N2O3. The SMILES string of the molecule is COC(=O)Nc1ccno1. The Kier molecular flexibility index (Phi) is 1.89. The van der Waals surface area contributed by atoms with Crippen LogP contribution in [0.2, 0.25) is 0 Å². The van der Waals surface area contributed by atoms with Gasteiger partial charge in [0.15, 0.2) is 0 Å². The van der Waals surface area contributed by atoms with Gasteiger partial charge in [0.1, 0.15) is 0 Å². The minimum absolute atomic E-state index is 0.270. The molecule has 0 aliphatic rings. The highest BCUT2D eigenvalue weighted by atomic mass is 16.5. The van der Waals surface area contributed by atoms with E-state index in [1.807, 2.05) is 0 Å². The number of amides is 1. The number of nitrogens with one attached hydrogen (secondary N) is 1. The molecule has 0 aromatic carbocycles. The van der Waals surface area contributed by atoms with Crippen molar-refractivity contribution in [1.29, 1.82) is 0 Å². The summed E-state index contributed by atoms with van der Waals surface area (Å²) in [5.41, 5.74) is 0. The first-order valence-corrected chi connectivity index (χ1v) is 2.58. The fraction of sp³-hybridized carbons (Fsp3) is 0.200. The van der Waals surface area contributed by atoms with Crippen LogP contribution < -0.4 is 5.32 Å². The largest absolute Gasteiger partial charge is 0.453 e. The molecule has 1 aromatic heterocycles. The maximum Gasteiger partial charge on any atom is 0.413 e. The standard InChI is InChI=1S/C5H6N2O3/c1-9-5(8)7-4-2-3-6-10-4/h2-3H,1H3,(H,7,8). The Bertz CT molecular complexity index is 207. The predicted molar refractivity (Wildman–Crippen MR) is 32.5 cm³/mol. The molecule has 5 heteroatoms. The smallest absolute Gasteiger partial charge is 0.413 e. The lowest BCUT2D eigenvalue weighted by molar-refractivity contribution is 0.186. The highest BCUT2D eigenvalue weighted by Gasteiger charge is 2.01. The summed E-state index contributed by atoms with van der Waals surface area (Å²) < 4.78 is 8.83. The molecule has 1 aromatic rings. The quantitative estimate of drug-likeness (QED) is 0.631. The van der Waals surface area contributed by atoms with Crippen LogP contribution in [0.3, 0.4) is 0 Å². The van der Waals surface area contributed by atoms with Crippen molar-refractivity contribution < 1.29 is 14.1 Å². The minimum Gasteiger partial charge on any atom is -0.453 e. The number of carbonyl (C=O) groups excluding carboxylic acids is 1. The van der Waals surface area contributed by atoms with Gasteiger partial charge < -0.3 is 9.26 Å². The number of ether oxygens (including phenoxy) is 1. The van der Waals surface area contributed by atoms with Crippen LogP contribution in [-0.4, -0.2) is 18.4 Å². The van der Waals surface area contributed by atoms with Crippen molar-refractivity contribution in [3.05, 3.63) is 12.3 Å². The van der Waals surface area contributed by atoms with Crippen molar-refractivity contribution in [1.82, 2.24) is 5.16 Å². The molecule has 0 saturated carbocycles. The van der Waals surface area contributed by atoms with Crippen LogP contribution in [0, 0.1) is 0 Å². The molecule has 0 radical (unpaired) electrons. The van der Waals surface area contributed by atoms with E-state index in [-0.39, 0.29) is 5.88 Å². The zero-order valence-corrected chi connectivity index (χ0v) is 5.33. The average Bonchev–Trinajstić information content (AvgIpc) is 2.40. The van der Waals surface area contributed by atoms with Crippen LogP contribution in [0.4, 0.5) is 10.7 Å². The molecule has 54 valence electrons. The predicted octanol–water partition coefficient (Wildman–Crippen LogP) is 0.853. The summed E-state index contributed by atoms with van der Waals surface area (Å²) in [5.74, 6) is 0.270. The molecule has 0 fully saturated rings. The number of hydrogen-bond acceptors (Lipinski definition) is 4. The molecule has 1 N–H and O–H groups in total. The molecule has 0 saturated heterocycles. The molecule has 1 heterocycles. The Hall–Kier alpha value is -1.52. The van der Waals surface area contributed by atoms with Crippen molar-refractivity contribution in [2.24, 2.45) is 0 Å². The lowest BCUT2D eigenvalue weighted by atomic mass is 10.7. The van der Waals surface area contributed by atoms with Gasteiger partial charge in [-0.15, -0.1) is 0 Å². The van der Waals surface area contributed by atoms with Crippen molar-refractivity contribution in [3.8, 4) is 0 Å². The topological polar surface area (TPSA) is 64.4 Å². The van der Waals surface area contributed by atoms with E-state index in [0.29, 0.717) is 0 Å². The molecule has 5 nitrogen and oxygen atoms in total. The second-order valence-corrected chi connectivity index (χ2v) is 1.49. The monoisotopic (exact) mass is 142 g/mol. The van der Waals surface area contributed by atoms with Gasteiger partial charge in [0, 0.05) is 6.07 Å². The van der Waals surface area contributed by atoms with E-state index in [0.717, 1.165) is 0 Å². The molecule has 0 spiro atoms. The fourth-order valence-corrected chi connectivity index (χ4v) is 0.432. The summed E-state index contributed by atoms with van der Waals surface area (Å²) in [5, 5.41) is 5.65. The first-order chi connectivity index (χ1) is 4.83. The van der Waals surface area contributed by atoms with Gasteiger partial charge in [-0.3, -0.25) is 5.32 Å². The molecule has 0 aliphatic carbocycles. The fourth-order valence-electron chi connectivity index (χ4n) is 0.432. The second-order valence-electron chi connectivity index (χ2n) is 1.49. The normalized spacial score (nSPS) is 8.90. The second kappa shape index (κ2) is 2.86. The molecule has 1 amide bonds. The van der Waals surface area contributed by atoms with Gasteiger partial charge in [0.25, 0.3) is 0 Å². The Labute approximate surface area is 57.0 Å². The lowest BCUT2D eigenvalue weighted by Crippen LogP contribution is -2.09. The number of carbonyl (C=O) groups is 1. The Morgan fingerprint density at radius 1 is 1.90 bits per heavy atom. The molecule has 1 rings (SSSR count). The first kappa shape index (κ1) is 6.60. The number of hydrogen-bond donors (Lipinski definition) is 1. The van der Waals surface area contributed by atoms with E-state index in [2.05, 4.69) is 19.7 Å². The van der Waals surface area contributed by atoms with Crippen molar-refractivity contribution in [2.45, 2.75) is 0 Å². The van der Waals surface area contributed by atoms with Crippen LogP contribution in [0.5, 0.6) is 0 Å². The summed E-state index contributed by atoms with van der Waals surface area (Å²) in [6.45, 7) is 0. The third-order valence-corrected chi connectivity index (χ3v) is 0.848. The van der Waals surface area contributed by atoms with Crippen LogP contribution in [-0.2, 0) is 4.74 Å². The van der Waals surface area contributed by atoms with Crippen molar-refractivity contribution in [3.63, 3.8) is 0 Å². The van der Waals surface area contributed by atoms with Crippen LogP contribution in [0.1, 0.15) is 0 Å². The molecule has 0 unspecified atom stereocenters. The van der Waals surface area contributed by atoms with Gasteiger partial charge in [-0.05, 0) is 0 Å². The average molecular weight is 142 g/mol. The van der Waals surface area contributed by atoms with Gasteiger partial charge in [-0.2, -0.15) is 0 Å². The van der Waals surface area contributed by atoms with Gasteiger partial charge in [0.05, 0.1) is 13.3 Å². The number of nitrogens with zero attached hydrogens (tertiary/aromatic N) is 1. The third kappa shape index (κ3) is 1.48. The molecule has 0 atom stereocenters. The molecule has 0 bridgehead atoms. The Morgan fingerprint density at radius 3 is 3.20 bits per heavy atom. The highest BCUT2D eigenvalue weighted by Crippen LogP contribution is 2.02. The van der Waals surface area contributed by atoms with Crippen molar-refractivity contribution in [2.75, 3.05) is 12.4 Å². The Morgan fingerprint density at radius 2 is 2.70 bits per heavy atom. The van der Waals surface area contributed by atoms with E-state index in [1.165, 1.54) is 19.4 Å². The zero-order valence-electron chi connectivity index (χ0n) is 5.33. The zero-order chi connectivity index (χ0) is 7.40. The van der Waals surface area contributed by atoms with Gasteiger partial charge in [0.2, 0.25) is 5.88 Å². The third-order valence-electron chi connectivity index (χ3n) is 0.848. The molecular weight excluding hydrogens is 136 g/mol. The van der Waals surface area contributed by atoms with E-state index in [1.54, 1.807) is 0 Å². The lowest BCUT2D eigenvalue weighted by Gasteiger charge is -1.95. The summed E-state index contributed by atoms with van der Waals surface area (Å²) in [7, 11) is 1.27. The van der Waals surface area contributed by atoms with Crippen LogP contribution in [0.25, 0.3) is 0 Å². The number of anilines is 1. The van der Waals surface area contributed by atoms with E-state index < -0.39 is 6.09 Å². The summed E-state index contributed by atoms with van der Waals surface area (Å²) in [6, 6.07) is 1.51. The van der Waals surface area contributed by atoms with E-state index >= 15 is 0 Å². The van der Waals surface area contributed by atoms with Crippen LogP contribution in [0.15, 0.2) is 16.8 Å². The van der Waals surface area contributed by atoms with Crippen molar-refractivity contribution >= 4 is 12.0 Å². The molecule has 10 heavy (non-hydrogen) atoms. The number of methoxy groups -OCH3 is 1. The van der Waals surface area contributed by atoms with E-state index in [9.17, 15) is 4.79 Å². The first-order valence-electron chi connectivity index (χ1n) is 2.58. The van der Waals surface area contributed by atoms with Gasteiger partial charge in [-0.1, -0.05) is 5.16 Å². The van der Waals surface area contributed by atoms with E-state index in [4.69, 9.17) is 0 Å². The maximum atomic E-state index is 10.5. The van der Waals surface area contributed by atoms with Crippen LogP contribution >= 0.6 is 0 Å². The Balaban J connectivity index is 2.48. The summed E-state index contributed by atoms with van der Waals surface area (Å²) in [4.78, 5) is 10.5.